The Morgan fingerprint density at radius 1 is 0.976 bits per heavy atom. The second kappa shape index (κ2) is 11.3. The normalized spacial score (nSPS) is 34.1. The van der Waals surface area contributed by atoms with Crippen LogP contribution in [0.1, 0.15) is 83.6 Å². The van der Waals surface area contributed by atoms with Crippen LogP contribution in [0.15, 0.2) is 35.9 Å². The summed E-state index contributed by atoms with van der Waals surface area (Å²) in [4.78, 5) is 50.0. The van der Waals surface area contributed by atoms with Gasteiger partial charge in [0.2, 0.25) is 11.7 Å². The molecule has 4 aliphatic rings. The summed E-state index contributed by atoms with van der Waals surface area (Å²) in [6.07, 6.45) is 8.46. The zero-order chi connectivity index (χ0) is 29.4. The minimum atomic E-state index is -1.53. The average molecular weight is 566 g/mol. The standard InChI is InChI=1S/C33H43NO7/c1-31-15-11-24(36)19-22(31)5-8-25-26(31)12-16-32(2)27(25)13-17-33(32,40)28(37)20-41-30(39)10-9-29(38)34-18-14-21-3-6-23(35)7-4-21/h3-4,6-7,19,25-27,35,40H,5,8-18,20H2,1-2H3,(H,34,38)/t25-,26+,27+,31-,32-,33-/m0/s1. The van der Waals surface area contributed by atoms with E-state index in [1.54, 1.807) is 24.3 Å². The van der Waals surface area contributed by atoms with Crippen molar-refractivity contribution in [1.82, 2.24) is 5.32 Å². The molecule has 0 radical (unpaired) electrons. The molecule has 8 heteroatoms. The largest absolute Gasteiger partial charge is 0.508 e. The SMILES string of the molecule is C[C@]12CCC(=O)C=C1CC[C@H]1[C@H]2CC[C@@]2(C)[C@@H]1CC[C@]2(O)C(=O)COC(=O)CCC(=O)NCCc1ccc(O)cc1. The van der Waals surface area contributed by atoms with Gasteiger partial charge in [0.1, 0.15) is 11.4 Å². The number of carbonyl (C=O) groups is 4. The van der Waals surface area contributed by atoms with Gasteiger partial charge in [0, 0.05) is 24.8 Å². The van der Waals surface area contributed by atoms with E-state index in [9.17, 15) is 29.4 Å². The van der Waals surface area contributed by atoms with Crippen molar-refractivity contribution in [3.8, 4) is 5.75 Å². The van der Waals surface area contributed by atoms with E-state index >= 15 is 0 Å². The number of benzene rings is 1. The van der Waals surface area contributed by atoms with Crippen LogP contribution >= 0.6 is 0 Å². The first-order chi connectivity index (χ1) is 19.5. The Kier molecular flexibility index (Phi) is 8.16. The maximum absolute atomic E-state index is 13.4. The van der Waals surface area contributed by atoms with Gasteiger partial charge < -0.3 is 20.3 Å². The molecule has 3 saturated carbocycles. The number of ketones is 2. The lowest BCUT2D eigenvalue weighted by Crippen LogP contribution is -2.58. The molecule has 6 atom stereocenters. The Hall–Kier alpha value is -3.00. The highest BCUT2D eigenvalue weighted by Crippen LogP contribution is 2.67. The maximum atomic E-state index is 13.4. The molecule has 0 aliphatic heterocycles. The maximum Gasteiger partial charge on any atom is 0.306 e. The number of aliphatic hydroxyl groups is 1. The van der Waals surface area contributed by atoms with Crippen LogP contribution in [0.3, 0.4) is 0 Å². The molecule has 5 rings (SSSR count). The highest BCUT2D eigenvalue weighted by Gasteiger charge is 2.66. The van der Waals surface area contributed by atoms with Crippen molar-refractivity contribution in [3.05, 3.63) is 41.5 Å². The number of esters is 1. The number of hydrogen-bond donors (Lipinski definition) is 3. The van der Waals surface area contributed by atoms with E-state index in [4.69, 9.17) is 4.74 Å². The quantitative estimate of drug-likeness (QED) is 0.383. The predicted octanol–water partition coefficient (Wildman–Crippen LogP) is 4.21. The van der Waals surface area contributed by atoms with E-state index in [0.717, 1.165) is 44.1 Å². The van der Waals surface area contributed by atoms with Gasteiger partial charge in [-0.05, 0) is 98.3 Å². The van der Waals surface area contributed by atoms with Gasteiger partial charge in [-0.3, -0.25) is 19.2 Å². The van der Waals surface area contributed by atoms with Crippen LogP contribution in [0.4, 0.5) is 0 Å². The third-order valence-corrected chi connectivity index (χ3v) is 11.2. The van der Waals surface area contributed by atoms with Gasteiger partial charge >= 0.3 is 5.97 Å². The van der Waals surface area contributed by atoms with E-state index in [-0.39, 0.29) is 41.6 Å². The molecule has 1 aromatic carbocycles. The molecule has 1 amide bonds. The van der Waals surface area contributed by atoms with Gasteiger partial charge in [-0.15, -0.1) is 0 Å². The molecule has 8 nitrogen and oxygen atoms in total. The van der Waals surface area contributed by atoms with Gasteiger partial charge in [-0.25, -0.2) is 0 Å². The van der Waals surface area contributed by atoms with Gasteiger partial charge in [0.25, 0.3) is 0 Å². The summed E-state index contributed by atoms with van der Waals surface area (Å²) in [5.41, 5.74) is 0.183. The van der Waals surface area contributed by atoms with Gasteiger partial charge in [-0.1, -0.05) is 31.6 Å². The fourth-order valence-electron chi connectivity index (χ4n) is 8.68. The smallest absolute Gasteiger partial charge is 0.306 e. The Balaban J connectivity index is 1.11. The number of rotatable bonds is 9. The number of phenols is 1. The number of allylic oxidation sites excluding steroid dienone is 1. The van der Waals surface area contributed by atoms with Gasteiger partial charge in [-0.2, -0.15) is 0 Å². The summed E-state index contributed by atoms with van der Waals surface area (Å²) in [5, 5.41) is 23.9. The molecule has 0 saturated heterocycles. The molecule has 41 heavy (non-hydrogen) atoms. The lowest BCUT2D eigenvalue weighted by molar-refractivity contribution is -0.170. The van der Waals surface area contributed by atoms with E-state index in [1.165, 1.54) is 5.57 Å². The van der Waals surface area contributed by atoms with Gasteiger partial charge in [0.15, 0.2) is 12.4 Å². The molecule has 3 fully saturated rings. The third-order valence-electron chi connectivity index (χ3n) is 11.2. The van der Waals surface area contributed by atoms with Crippen molar-refractivity contribution in [2.75, 3.05) is 13.2 Å². The second-order valence-corrected chi connectivity index (χ2v) is 13.2. The number of phenolic OH excluding ortho intramolecular Hbond substituents is 1. The molecule has 222 valence electrons. The minimum absolute atomic E-state index is 0.0240. The Morgan fingerprint density at radius 3 is 2.46 bits per heavy atom. The van der Waals surface area contributed by atoms with Crippen LogP contribution in [0.25, 0.3) is 0 Å². The average Bonchev–Trinajstić information content (AvgIpc) is 3.23. The topological polar surface area (TPSA) is 130 Å². The van der Waals surface area contributed by atoms with Crippen molar-refractivity contribution >= 4 is 23.4 Å². The molecule has 0 heterocycles. The number of aromatic hydroxyl groups is 1. The number of nitrogens with one attached hydrogen (secondary N) is 1. The first-order valence-electron chi connectivity index (χ1n) is 15.2. The van der Waals surface area contributed by atoms with Crippen molar-refractivity contribution in [1.29, 1.82) is 0 Å². The number of carbonyl (C=O) groups excluding carboxylic acids is 4. The van der Waals surface area contributed by atoms with E-state index in [1.807, 2.05) is 13.0 Å². The van der Waals surface area contributed by atoms with Gasteiger partial charge in [0.05, 0.1) is 6.42 Å². The van der Waals surface area contributed by atoms with Crippen LogP contribution in [0, 0.1) is 28.6 Å². The monoisotopic (exact) mass is 565 g/mol. The molecular formula is C33H43NO7. The van der Waals surface area contributed by atoms with Crippen LogP contribution in [-0.2, 0) is 30.3 Å². The molecule has 4 aliphatic carbocycles. The van der Waals surface area contributed by atoms with Crippen molar-refractivity contribution in [2.45, 2.75) is 90.1 Å². The summed E-state index contributed by atoms with van der Waals surface area (Å²) in [6, 6.07) is 6.74. The number of Topliss-reactive ketones (excluding diaryl/α,β-unsaturated/α-hetero) is 1. The van der Waals surface area contributed by atoms with Crippen molar-refractivity contribution < 1.29 is 34.1 Å². The molecular weight excluding hydrogens is 522 g/mol. The summed E-state index contributed by atoms with van der Waals surface area (Å²) < 4.78 is 5.25. The molecule has 0 unspecified atom stereocenters. The highest BCUT2D eigenvalue weighted by atomic mass is 16.5. The second-order valence-electron chi connectivity index (χ2n) is 13.2. The molecule has 0 spiro atoms. The lowest BCUT2D eigenvalue weighted by atomic mass is 9.46. The number of hydrogen-bond acceptors (Lipinski definition) is 7. The van der Waals surface area contributed by atoms with Crippen LogP contribution in [0.5, 0.6) is 5.75 Å². The van der Waals surface area contributed by atoms with Crippen LogP contribution in [-0.4, -0.2) is 52.4 Å². The third kappa shape index (κ3) is 5.47. The zero-order valence-corrected chi connectivity index (χ0v) is 24.2. The van der Waals surface area contributed by atoms with E-state index < -0.39 is 29.4 Å². The summed E-state index contributed by atoms with van der Waals surface area (Å²) in [6.45, 7) is 4.27. The summed E-state index contributed by atoms with van der Waals surface area (Å²) >= 11 is 0. The Bertz CT molecular complexity index is 1240. The number of ether oxygens (including phenoxy) is 1. The first-order valence-corrected chi connectivity index (χ1v) is 15.2. The molecule has 0 aromatic heterocycles. The Morgan fingerprint density at radius 2 is 1.71 bits per heavy atom. The molecule has 0 bridgehead atoms. The summed E-state index contributed by atoms with van der Waals surface area (Å²) in [7, 11) is 0. The van der Waals surface area contributed by atoms with Crippen molar-refractivity contribution in [3.63, 3.8) is 0 Å². The highest BCUT2D eigenvalue weighted by molar-refractivity contribution is 5.92. The zero-order valence-electron chi connectivity index (χ0n) is 24.2. The van der Waals surface area contributed by atoms with E-state index in [2.05, 4.69) is 12.2 Å². The predicted molar refractivity (Wildman–Crippen MR) is 152 cm³/mol. The number of amides is 1. The van der Waals surface area contributed by atoms with Crippen LogP contribution in [0.2, 0.25) is 0 Å². The fraction of sp³-hybridized carbons (Fsp3) is 0.636. The van der Waals surface area contributed by atoms with Crippen molar-refractivity contribution in [2.24, 2.45) is 28.6 Å². The Labute approximate surface area is 241 Å². The lowest BCUT2D eigenvalue weighted by Gasteiger charge is -2.58. The fourth-order valence-corrected chi connectivity index (χ4v) is 8.68. The minimum Gasteiger partial charge on any atom is -0.508 e. The van der Waals surface area contributed by atoms with Crippen LogP contribution < -0.4 is 5.32 Å². The number of fused-ring (bicyclic) bond motifs is 5. The van der Waals surface area contributed by atoms with E-state index in [0.29, 0.717) is 37.6 Å². The molecule has 1 aromatic rings. The first kappa shape index (κ1) is 29.5. The summed E-state index contributed by atoms with van der Waals surface area (Å²) in [5.74, 6) is 0.131. The molecule has 3 N–H and O–H groups in total.